The van der Waals surface area contributed by atoms with Crippen LogP contribution in [0.3, 0.4) is 0 Å². The largest absolute Gasteiger partial charge is 0.416 e. The molecule has 0 saturated heterocycles. The van der Waals surface area contributed by atoms with E-state index in [0.717, 1.165) is 12.1 Å². The fourth-order valence-corrected chi connectivity index (χ4v) is 2.65. The summed E-state index contributed by atoms with van der Waals surface area (Å²) >= 11 is 0. The summed E-state index contributed by atoms with van der Waals surface area (Å²) < 4.78 is 67.9. The zero-order valence-electron chi connectivity index (χ0n) is 11.8. The van der Waals surface area contributed by atoms with Crippen molar-refractivity contribution in [3.8, 4) is 0 Å². The minimum atomic E-state index is -4.37. The van der Waals surface area contributed by atoms with E-state index in [1.807, 2.05) is 0 Å². The highest BCUT2D eigenvalue weighted by molar-refractivity contribution is 7.90. The Morgan fingerprint density at radius 3 is 2.29 bits per heavy atom. The van der Waals surface area contributed by atoms with Crippen LogP contribution < -0.4 is 4.72 Å². The lowest BCUT2D eigenvalue weighted by molar-refractivity contribution is -0.137. The minimum Gasteiger partial charge on any atom is -0.383 e. The Labute approximate surface area is 122 Å². The summed E-state index contributed by atoms with van der Waals surface area (Å²) in [6.07, 6.45) is -4.05. The zero-order chi connectivity index (χ0) is 16.1. The van der Waals surface area contributed by atoms with E-state index >= 15 is 0 Å². The van der Waals surface area contributed by atoms with Gasteiger partial charge in [-0.15, -0.1) is 0 Å². The van der Waals surface area contributed by atoms with Crippen LogP contribution in [0.1, 0.15) is 18.1 Å². The first-order chi connectivity index (χ1) is 9.66. The molecule has 0 saturated carbocycles. The van der Waals surface area contributed by atoms with Crippen molar-refractivity contribution < 1.29 is 26.3 Å². The lowest BCUT2D eigenvalue weighted by atomic mass is 10.1. The quantitative estimate of drug-likeness (QED) is 0.836. The molecule has 1 N–H and O–H groups in total. The maximum absolute atomic E-state index is 12.4. The average Bonchev–Trinajstić information content (AvgIpc) is 2.38. The third-order valence-electron chi connectivity index (χ3n) is 2.93. The molecule has 1 aromatic carbocycles. The summed E-state index contributed by atoms with van der Waals surface area (Å²) in [5.74, 6) is 0. The first kappa shape index (κ1) is 17.9. The molecule has 120 valence electrons. The fourth-order valence-electron chi connectivity index (χ4n) is 1.66. The van der Waals surface area contributed by atoms with Gasteiger partial charge in [0.1, 0.15) is 0 Å². The molecule has 0 fully saturated rings. The lowest BCUT2D eigenvalue weighted by Gasteiger charge is -2.13. The van der Waals surface area contributed by atoms with E-state index in [2.05, 4.69) is 4.72 Å². The van der Waals surface area contributed by atoms with Gasteiger partial charge in [0.2, 0.25) is 10.0 Å². The number of hydrogen-bond acceptors (Lipinski definition) is 3. The molecular formula is C13H18F3NO3S. The van der Waals surface area contributed by atoms with Crippen molar-refractivity contribution in [2.45, 2.75) is 24.8 Å². The van der Waals surface area contributed by atoms with E-state index in [9.17, 15) is 21.6 Å². The summed E-state index contributed by atoms with van der Waals surface area (Å²) in [7, 11) is -2.07. The Kier molecular flexibility index (Phi) is 6.18. The summed E-state index contributed by atoms with van der Waals surface area (Å²) in [6, 6.07) is 4.65. The number of nitrogens with one attached hydrogen (secondary N) is 1. The summed E-state index contributed by atoms with van der Waals surface area (Å²) in [4.78, 5) is 0. The van der Waals surface area contributed by atoms with Gasteiger partial charge in [-0.1, -0.05) is 12.1 Å². The molecular weight excluding hydrogens is 307 g/mol. The Bertz CT molecular complexity index is 541. The van der Waals surface area contributed by atoms with Crippen molar-refractivity contribution in [3.05, 3.63) is 35.4 Å². The summed E-state index contributed by atoms with van der Waals surface area (Å²) in [5.41, 5.74) is -0.0920. The molecule has 8 heteroatoms. The smallest absolute Gasteiger partial charge is 0.383 e. The summed E-state index contributed by atoms with van der Waals surface area (Å²) in [6.45, 7) is 1.72. The molecule has 0 aromatic heterocycles. The van der Waals surface area contributed by atoms with Crippen LogP contribution in [-0.2, 0) is 27.4 Å². The molecule has 0 heterocycles. The Hall–Kier alpha value is -1.12. The number of methoxy groups -OCH3 is 1. The number of benzene rings is 1. The van der Waals surface area contributed by atoms with Crippen LogP contribution in [0.4, 0.5) is 13.2 Å². The second-order valence-corrected chi connectivity index (χ2v) is 6.83. The number of ether oxygens (including phenoxy) is 1. The topological polar surface area (TPSA) is 55.4 Å². The van der Waals surface area contributed by atoms with Crippen LogP contribution in [-0.4, -0.2) is 33.9 Å². The van der Waals surface area contributed by atoms with E-state index in [1.165, 1.54) is 26.2 Å². The maximum atomic E-state index is 12.4. The van der Waals surface area contributed by atoms with E-state index in [1.54, 1.807) is 0 Å². The Morgan fingerprint density at radius 1 is 1.24 bits per heavy atom. The van der Waals surface area contributed by atoms with Gasteiger partial charge in [0.25, 0.3) is 0 Å². The van der Waals surface area contributed by atoms with Crippen LogP contribution in [0, 0.1) is 0 Å². The molecule has 21 heavy (non-hydrogen) atoms. The van der Waals surface area contributed by atoms with E-state index in [-0.39, 0.29) is 13.2 Å². The van der Waals surface area contributed by atoms with Gasteiger partial charge in [0.05, 0.1) is 17.4 Å². The lowest BCUT2D eigenvalue weighted by Crippen LogP contribution is -2.36. The third-order valence-corrected chi connectivity index (χ3v) is 4.73. The van der Waals surface area contributed by atoms with Gasteiger partial charge in [0, 0.05) is 13.7 Å². The van der Waals surface area contributed by atoms with Crippen LogP contribution in [0.15, 0.2) is 24.3 Å². The number of rotatable bonds is 7. The molecule has 0 radical (unpaired) electrons. The highest BCUT2D eigenvalue weighted by Gasteiger charge is 2.29. The third kappa shape index (κ3) is 5.64. The molecule has 0 unspecified atom stereocenters. The zero-order valence-corrected chi connectivity index (χ0v) is 12.6. The summed E-state index contributed by atoms with van der Waals surface area (Å²) in [5, 5.41) is -0.685. The standard InChI is InChI=1S/C13H18F3NO3S/c1-10(9-20-2)21(18,19)17-8-7-11-3-5-12(6-4-11)13(14,15)16/h3-6,10,17H,7-9H2,1-2H3/t10-/m1/s1. The van der Waals surface area contributed by atoms with Crippen molar-refractivity contribution in [1.82, 2.24) is 4.72 Å². The highest BCUT2D eigenvalue weighted by atomic mass is 32.2. The Balaban J connectivity index is 2.53. The maximum Gasteiger partial charge on any atom is 0.416 e. The highest BCUT2D eigenvalue weighted by Crippen LogP contribution is 2.29. The van der Waals surface area contributed by atoms with E-state index in [0.29, 0.717) is 12.0 Å². The number of sulfonamides is 1. The van der Waals surface area contributed by atoms with Gasteiger partial charge < -0.3 is 4.74 Å². The first-order valence-electron chi connectivity index (χ1n) is 6.30. The SMILES string of the molecule is COC[C@@H](C)S(=O)(=O)NCCc1ccc(C(F)(F)F)cc1. The van der Waals surface area contributed by atoms with Crippen molar-refractivity contribution >= 4 is 10.0 Å². The monoisotopic (exact) mass is 325 g/mol. The molecule has 0 aliphatic heterocycles. The Morgan fingerprint density at radius 2 is 1.81 bits per heavy atom. The predicted octanol–water partition coefficient (Wildman–Crippen LogP) is 2.20. The molecule has 1 rings (SSSR count). The number of hydrogen-bond donors (Lipinski definition) is 1. The first-order valence-corrected chi connectivity index (χ1v) is 7.85. The van der Waals surface area contributed by atoms with Gasteiger partial charge >= 0.3 is 6.18 Å². The molecule has 0 amide bonds. The van der Waals surface area contributed by atoms with Crippen molar-refractivity contribution in [2.75, 3.05) is 20.3 Å². The van der Waals surface area contributed by atoms with Crippen molar-refractivity contribution in [3.63, 3.8) is 0 Å². The van der Waals surface area contributed by atoms with Crippen molar-refractivity contribution in [1.29, 1.82) is 0 Å². The predicted molar refractivity (Wildman–Crippen MR) is 73.4 cm³/mol. The minimum absolute atomic E-state index is 0.0790. The van der Waals surface area contributed by atoms with E-state index in [4.69, 9.17) is 4.74 Å². The van der Waals surface area contributed by atoms with E-state index < -0.39 is 27.0 Å². The molecule has 0 spiro atoms. The van der Waals surface area contributed by atoms with Crippen LogP contribution in [0.25, 0.3) is 0 Å². The molecule has 0 aliphatic carbocycles. The fraction of sp³-hybridized carbons (Fsp3) is 0.538. The molecule has 4 nitrogen and oxygen atoms in total. The average molecular weight is 325 g/mol. The molecule has 1 atom stereocenters. The van der Waals surface area contributed by atoms with Gasteiger partial charge in [0.15, 0.2) is 0 Å². The second kappa shape index (κ2) is 7.24. The number of alkyl halides is 3. The normalized spacial score (nSPS) is 14.1. The molecule has 0 bridgehead atoms. The van der Waals surface area contributed by atoms with Gasteiger partial charge in [-0.05, 0) is 31.0 Å². The van der Waals surface area contributed by atoms with Crippen LogP contribution >= 0.6 is 0 Å². The van der Waals surface area contributed by atoms with Crippen molar-refractivity contribution in [2.24, 2.45) is 0 Å². The van der Waals surface area contributed by atoms with Gasteiger partial charge in [-0.2, -0.15) is 13.2 Å². The van der Waals surface area contributed by atoms with Crippen LogP contribution in [0.5, 0.6) is 0 Å². The number of halogens is 3. The van der Waals surface area contributed by atoms with Crippen LogP contribution in [0.2, 0.25) is 0 Å². The molecule has 1 aromatic rings. The second-order valence-electron chi connectivity index (χ2n) is 4.65. The van der Waals surface area contributed by atoms with Gasteiger partial charge in [-0.3, -0.25) is 0 Å². The van der Waals surface area contributed by atoms with Gasteiger partial charge in [-0.25, -0.2) is 13.1 Å². The molecule has 0 aliphatic rings.